The zero-order valence-electron chi connectivity index (χ0n) is 16.7. The van der Waals surface area contributed by atoms with Crippen LogP contribution in [-0.4, -0.2) is 29.2 Å². The fourth-order valence-corrected chi connectivity index (χ4v) is 6.91. The molecular weight excluding hydrogens is 371 g/mol. The van der Waals surface area contributed by atoms with Gasteiger partial charge in [-0.15, -0.1) is 0 Å². The Labute approximate surface area is 170 Å². The number of rotatable bonds is 5. The van der Waals surface area contributed by atoms with E-state index in [1.807, 2.05) is 6.92 Å². The van der Waals surface area contributed by atoms with Crippen LogP contribution in [0.2, 0.25) is 0 Å². The van der Waals surface area contributed by atoms with Gasteiger partial charge in [-0.2, -0.15) is 0 Å². The quantitative estimate of drug-likeness (QED) is 0.768. The van der Waals surface area contributed by atoms with Gasteiger partial charge in [-0.3, -0.25) is 14.5 Å². The molecule has 3 amide bonds. The van der Waals surface area contributed by atoms with E-state index in [1.165, 1.54) is 43.5 Å². The number of nitrogens with zero attached hydrogens (tertiary/aromatic N) is 1. The van der Waals surface area contributed by atoms with Crippen molar-refractivity contribution in [2.24, 2.45) is 23.2 Å². The molecule has 6 heteroatoms. The van der Waals surface area contributed by atoms with Crippen LogP contribution in [0.15, 0.2) is 24.3 Å². The lowest BCUT2D eigenvalue weighted by Gasteiger charge is -2.56. The van der Waals surface area contributed by atoms with Gasteiger partial charge in [0, 0.05) is 5.41 Å². The van der Waals surface area contributed by atoms with Gasteiger partial charge in [0.2, 0.25) is 0 Å². The number of Topliss-reactive ketones (excluding diaryl/α,β-unsaturated/α-hetero) is 1. The number of benzene rings is 1. The van der Waals surface area contributed by atoms with Crippen LogP contribution in [0.3, 0.4) is 0 Å². The van der Waals surface area contributed by atoms with Gasteiger partial charge in [-0.1, -0.05) is 19.1 Å². The molecule has 6 rings (SSSR count). The second-order valence-corrected chi connectivity index (χ2v) is 9.71. The van der Waals surface area contributed by atoms with Crippen LogP contribution in [0.4, 0.5) is 9.18 Å². The number of amides is 3. The Morgan fingerprint density at radius 3 is 2.14 bits per heavy atom. The molecule has 0 aromatic heterocycles. The topological polar surface area (TPSA) is 66.5 Å². The number of ketones is 1. The molecule has 154 valence electrons. The maximum absolute atomic E-state index is 13.4. The lowest BCUT2D eigenvalue weighted by molar-refractivity contribution is -0.147. The van der Waals surface area contributed by atoms with Crippen LogP contribution >= 0.6 is 0 Å². The highest BCUT2D eigenvalue weighted by molar-refractivity contribution is 6.10. The molecule has 0 spiro atoms. The molecule has 4 saturated carbocycles. The third-order valence-corrected chi connectivity index (χ3v) is 7.97. The first-order valence-electron chi connectivity index (χ1n) is 10.8. The molecule has 1 N–H and O–H groups in total. The average Bonchev–Trinajstić information content (AvgIpc) is 2.92. The summed E-state index contributed by atoms with van der Waals surface area (Å²) in [5, 5.41) is 2.79. The first kappa shape index (κ1) is 18.8. The van der Waals surface area contributed by atoms with Crippen LogP contribution in [-0.2, 0) is 15.1 Å². The second kappa shape index (κ2) is 6.38. The maximum Gasteiger partial charge on any atom is 0.325 e. The van der Waals surface area contributed by atoms with Crippen molar-refractivity contribution in [3.63, 3.8) is 0 Å². The smallest absolute Gasteiger partial charge is 0.319 e. The highest BCUT2D eigenvalue weighted by atomic mass is 19.1. The molecule has 4 bridgehead atoms. The summed E-state index contributed by atoms with van der Waals surface area (Å²) in [5.41, 5.74) is -1.03. The summed E-state index contributed by atoms with van der Waals surface area (Å²) in [6.07, 6.45) is 6.79. The van der Waals surface area contributed by atoms with E-state index in [1.54, 1.807) is 0 Å². The van der Waals surface area contributed by atoms with E-state index in [2.05, 4.69) is 5.32 Å². The van der Waals surface area contributed by atoms with E-state index >= 15 is 0 Å². The number of halogens is 1. The van der Waals surface area contributed by atoms with E-state index < -0.39 is 23.3 Å². The lowest BCUT2D eigenvalue weighted by atomic mass is 9.48. The number of urea groups is 1. The van der Waals surface area contributed by atoms with Crippen LogP contribution in [0.25, 0.3) is 0 Å². The van der Waals surface area contributed by atoms with Gasteiger partial charge in [0.15, 0.2) is 5.78 Å². The Hall–Kier alpha value is -2.24. The van der Waals surface area contributed by atoms with E-state index in [4.69, 9.17) is 0 Å². The molecular formula is C23H27FN2O3. The zero-order valence-corrected chi connectivity index (χ0v) is 16.7. The van der Waals surface area contributed by atoms with Gasteiger partial charge < -0.3 is 5.32 Å². The minimum absolute atomic E-state index is 0.0473. The van der Waals surface area contributed by atoms with Gasteiger partial charge >= 0.3 is 6.03 Å². The molecule has 1 unspecified atom stereocenters. The third kappa shape index (κ3) is 2.75. The molecule has 1 saturated heterocycles. The molecule has 1 aromatic rings. The van der Waals surface area contributed by atoms with E-state index in [9.17, 15) is 18.8 Å². The molecule has 5 nitrogen and oxygen atoms in total. The van der Waals surface area contributed by atoms with E-state index in [0.29, 0.717) is 29.7 Å². The van der Waals surface area contributed by atoms with Crippen LogP contribution in [0.5, 0.6) is 0 Å². The number of carbonyl (C=O) groups excluding carboxylic acids is 3. The second-order valence-electron chi connectivity index (χ2n) is 9.71. The molecule has 5 aliphatic rings. The summed E-state index contributed by atoms with van der Waals surface area (Å²) in [7, 11) is 0. The Bertz CT molecular complexity index is 845. The maximum atomic E-state index is 13.4. The van der Waals surface area contributed by atoms with E-state index in [0.717, 1.165) is 24.2 Å². The summed E-state index contributed by atoms with van der Waals surface area (Å²) >= 11 is 0. The van der Waals surface area contributed by atoms with Crippen molar-refractivity contribution in [1.82, 2.24) is 10.2 Å². The normalized spacial score (nSPS) is 37.9. The Morgan fingerprint density at radius 1 is 1.07 bits per heavy atom. The zero-order chi connectivity index (χ0) is 20.4. The number of nitrogens with one attached hydrogen (secondary N) is 1. The minimum Gasteiger partial charge on any atom is -0.319 e. The van der Waals surface area contributed by atoms with Gasteiger partial charge in [0.1, 0.15) is 11.4 Å². The highest BCUT2D eigenvalue weighted by Crippen LogP contribution is 2.60. The van der Waals surface area contributed by atoms with Crippen molar-refractivity contribution in [2.75, 3.05) is 6.54 Å². The molecule has 1 aliphatic heterocycles. The van der Waals surface area contributed by atoms with Gasteiger partial charge in [0.25, 0.3) is 5.91 Å². The number of hydrogen-bond acceptors (Lipinski definition) is 3. The Morgan fingerprint density at radius 2 is 1.62 bits per heavy atom. The van der Waals surface area contributed by atoms with Crippen molar-refractivity contribution in [3.8, 4) is 0 Å². The van der Waals surface area contributed by atoms with Gasteiger partial charge in [-0.05, 0) is 80.4 Å². The molecule has 29 heavy (non-hydrogen) atoms. The first-order chi connectivity index (χ1) is 13.8. The fraction of sp³-hybridized carbons (Fsp3) is 0.609. The number of imide groups is 1. The standard InChI is InChI=1S/C23H27FN2O3/c1-2-23(17-3-5-18(24)6-4-17)20(28)26(21(29)25-23)13-19(27)22-10-14-7-15(11-22)9-16(8-14)12-22/h3-6,14-16H,2,7-13H2,1H3,(H,25,29). The highest BCUT2D eigenvalue weighted by Gasteiger charge is 2.57. The predicted octanol–water partition coefficient (Wildman–Crippen LogP) is 3.77. The van der Waals surface area contributed by atoms with Crippen molar-refractivity contribution in [3.05, 3.63) is 35.6 Å². The third-order valence-electron chi connectivity index (χ3n) is 7.97. The Kier molecular flexibility index (Phi) is 4.13. The monoisotopic (exact) mass is 398 g/mol. The van der Waals surface area contributed by atoms with Gasteiger partial charge in [0.05, 0.1) is 6.54 Å². The summed E-state index contributed by atoms with van der Waals surface area (Å²) in [4.78, 5) is 40.5. The van der Waals surface area contributed by atoms with Crippen LogP contribution in [0.1, 0.15) is 57.4 Å². The first-order valence-corrected chi connectivity index (χ1v) is 10.8. The molecule has 4 aliphatic carbocycles. The molecule has 1 heterocycles. The summed E-state index contributed by atoms with van der Waals surface area (Å²) in [5.74, 6) is 1.12. The number of hydrogen-bond donors (Lipinski definition) is 1. The van der Waals surface area contributed by atoms with Crippen molar-refractivity contribution in [2.45, 2.75) is 57.4 Å². The molecule has 5 fully saturated rings. The summed E-state index contributed by atoms with van der Waals surface area (Å²) in [6, 6.07) is 5.10. The molecule has 1 aromatic carbocycles. The SMILES string of the molecule is CCC1(c2ccc(F)cc2)NC(=O)N(CC(=O)C23CC4CC(CC(C4)C2)C3)C1=O. The predicted molar refractivity (Wildman–Crippen MR) is 104 cm³/mol. The summed E-state index contributed by atoms with van der Waals surface area (Å²) in [6.45, 7) is 1.66. The van der Waals surface area contributed by atoms with Crippen molar-refractivity contribution < 1.29 is 18.8 Å². The van der Waals surface area contributed by atoms with Crippen LogP contribution < -0.4 is 5.32 Å². The van der Waals surface area contributed by atoms with E-state index in [-0.39, 0.29) is 17.7 Å². The van der Waals surface area contributed by atoms with Crippen LogP contribution in [0, 0.1) is 29.0 Å². The lowest BCUT2D eigenvalue weighted by Crippen LogP contribution is -2.53. The largest absolute Gasteiger partial charge is 0.325 e. The molecule has 1 atom stereocenters. The fourth-order valence-electron chi connectivity index (χ4n) is 6.91. The minimum atomic E-state index is -1.23. The average molecular weight is 398 g/mol. The van der Waals surface area contributed by atoms with Crippen molar-refractivity contribution in [1.29, 1.82) is 0 Å². The summed E-state index contributed by atoms with van der Waals surface area (Å²) < 4.78 is 13.4. The van der Waals surface area contributed by atoms with Gasteiger partial charge in [-0.25, -0.2) is 9.18 Å². The molecule has 0 radical (unpaired) electrons. The van der Waals surface area contributed by atoms with Crippen molar-refractivity contribution >= 4 is 17.7 Å². The number of carbonyl (C=O) groups is 3. The Balaban J connectivity index is 1.39.